The fourth-order valence-corrected chi connectivity index (χ4v) is 5.08. The molecule has 1 amide bonds. The summed E-state index contributed by atoms with van der Waals surface area (Å²) in [5.41, 5.74) is 4.02. The Balaban J connectivity index is 1.24. The lowest BCUT2D eigenvalue weighted by Crippen LogP contribution is -2.42. The SMILES string of the molecule is O=C(N[C@@H](Cc1ccc(-c2ccccc2Oc2ccccc2)cc1)C(=O)O)c1cc(Br)ccc1OCCCc1ccncc1. The van der Waals surface area contributed by atoms with Crippen LogP contribution in [0.2, 0.25) is 0 Å². The maximum absolute atomic E-state index is 13.3. The van der Waals surface area contributed by atoms with Crippen molar-refractivity contribution in [1.29, 1.82) is 0 Å². The maximum atomic E-state index is 13.3. The van der Waals surface area contributed by atoms with Gasteiger partial charge in [0.05, 0.1) is 12.2 Å². The van der Waals surface area contributed by atoms with Gasteiger partial charge in [0, 0.05) is 28.9 Å². The molecule has 0 saturated heterocycles. The van der Waals surface area contributed by atoms with Crippen molar-refractivity contribution in [2.45, 2.75) is 25.3 Å². The summed E-state index contributed by atoms with van der Waals surface area (Å²) in [5, 5.41) is 12.7. The first-order valence-electron chi connectivity index (χ1n) is 14.2. The summed E-state index contributed by atoms with van der Waals surface area (Å²) >= 11 is 3.41. The highest BCUT2D eigenvalue weighted by atomic mass is 79.9. The molecule has 0 radical (unpaired) electrons. The highest BCUT2D eigenvalue weighted by Crippen LogP contribution is 2.33. The normalized spacial score (nSPS) is 11.4. The van der Waals surface area contributed by atoms with Crippen LogP contribution in [0.5, 0.6) is 17.2 Å². The van der Waals surface area contributed by atoms with E-state index in [1.54, 1.807) is 30.6 Å². The molecule has 0 aliphatic rings. The first kappa shape index (κ1) is 30.5. The maximum Gasteiger partial charge on any atom is 0.326 e. The Morgan fingerprint density at radius 3 is 2.30 bits per heavy atom. The summed E-state index contributed by atoms with van der Waals surface area (Å²) in [6.07, 6.45) is 5.17. The number of aromatic nitrogens is 1. The van der Waals surface area contributed by atoms with E-state index in [4.69, 9.17) is 9.47 Å². The molecule has 0 spiro atoms. The van der Waals surface area contributed by atoms with Crippen LogP contribution in [0.15, 0.2) is 126 Å². The fourth-order valence-electron chi connectivity index (χ4n) is 4.72. The molecule has 5 rings (SSSR count). The highest BCUT2D eigenvalue weighted by molar-refractivity contribution is 9.10. The Hall–Kier alpha value is -4.95. The van der Waals surface area contributed by atoms with Gasteiger partial charge < -0.3 is 19.9 Å². The smallest absolute Gasteiger partial charge is 0.326 e. The van der Waals surface area contributed by atoms with Crippen LogP contribution in [0.25, 0.3) is 11.1 Å². The summed E-state index contributed by atoms with van der Waals surface area (Å²) < 4.78 is 12.7. The van der Waals surface area contributed by atoms with Crippen molar-refractivity contribution in [3.8, 4) is 28.4 Å². The van der Waals surface area contributed by atoms with Crippen LogP contribution in [-0.4, -0.2) is 34.6 Å². The van der Waals surface area contributed by atoms with E-state index in [9.17, 15) is 14.7 Å². The zero-order valence-electron chi connectivity index (χ0n) is 23.9. The largest absolute Gasteiger partial charge is 0.493 e. The molecule has 0 aliphatic heterocycles. The van der Waals surface area contributed by atoms with E-state index in [-0.39, 0.29) is 12.0 Å². The summed E-state index contributed by atoms with van der Waals surface area (Å²) in [7, 11) is 0. The quantitative estimate of drug-likeness (QED) is 0.127. The van der Waals surface area contributed by atoms with Gasteiger partial charge in [0.15, 0.2) is 0 Å². The van der Waals surface area contributed by atoms with Crippen molar-refractivity contribution in [2.24, 2.45) is 0 Å². The average Bonchev–Trinajstić information content (AvgIpc) is 3.05. The van der Waals surface area contributed by atoms with Gasteiger partial charge in [0.2, 0.25) is 0 Å². The number of hydrogen-bond donors (Lipinski definition) is 2. The molecule has 8 heteroatoms. The van der Waals surface area contributed by atoms with Gasteiger partial charge >= 0.3 is 5.97 Å². The third kappa shape index (κ3) is 8.33. The molecular weight excluding hydrogens is 620 g/mol. The summed E-state index contributed by atoms with van der Waals surface area (Å²) in [6, 6.07) is 32.8. The molecule has 44 heavy (non-hydrogen) atoms. The number of rotatable bonds is 13. The minimum Gasteiger partial charge on any atom is -0.493 e. The Kier molecular flexibility index (Phi) is 10.4. The number of halogens is 1. The Bertz CT molecular complexity index is 1700. The molecule has 1 heterocycles. The number of nitrogens with one attached hydrogen (secondary N) is 1. The zero-order chi connectivity index (χ0) is 30.7. The Labute approximate surface area is 264 Å². The number of carboxylic acid groups (broad SMARTS) is 1. The van der Waals surface area contributed by atoms with Crippen LogP contribution in [-0.2, 0) is 17.6 Å². The van der Waals surface area contributed by atoms with Crippen LogP contribution in [0.3, 0.4) is 0 Å². The van der Waals surface area contributed by atoms with E-state index in [2.05, 4.69) is 26.2 Å². The second-order valence-electron chi connectivity index (χ2n) is 10.1. The number of amides is 1. The van der Waals surface area contributed by atoms with Crippen LogP contribution >= 0.6 is 15.9 Å². The highest BCUT2D eigenvalue weighted by Gasteiger charge is 2.23. The number of nitrogens with zero attached hydrogens (tertiary/aromatic N) is 1. The minimum absolute atomic E-state index is 0.111. The zero-order valence-corrected chi connectivity index (χ0v) is 25.4. The second kappa shape index (κ2) is 15.0. The molecule has 0 unspecified atom stereocenters. The van der Waals surface area contributed by atoms with Gasteiger partial charge in [-0.25, -0.2) is 4.79 Å². The van der Waals surface area contributed by atoms with Gasteiger partial charge in [-0.2, -0.15) is 0 Å². The molecule has 222 valence electrons. The number of aliphatic carboxylic acids is 1. The number of carboxylic acids is 1. The Morgan fingerprint density at radius 2 is 1.55 bits per heavy atom. The lowest BCUT2D eigenvalue weighted by atomic mass is 9.99. The summed E-state index contributed by atoms with van der Waals surface area (Å²) in [4.78, 5) is 29.5. The number of benzene rings is 4. The number of ether oxygens (including phenoxy) is 2. The van der Waals surface area contributed by atoms with Crippen LogP contribution in [0.4, 0.5) is 0 Å². The average molecular weight is 652 g/mol. The summed E-state index contributed by atoms with van der Waals surface area (Å²) in [6.45, 7) is 0.401. The first-order chi connectivity index (χ1) is 21.5. The molecule has 1 atom stereocenters. The third-order valence-corrected chi connectivity index (χ3v) is 7.46. The summed E-state index contributed by atoms with van der Waals surface area (Å²) in [5.74, 6) is 0.197. The molecule has 0 fully saturated rings. The van der Waals surface area contributed by atoms with Crippen molar-refractivity contribution in [2.75, 3.05) is 6.61 Å². The lowest BCUT2D eigenvalue weighted by molar-refractivity contribution is -0.139. The number of para-hydroxylation sites is 2. The molecule has 0 aliphatic carbocycles. The molecule has 0 saturated carbocycles. The number of carbonyl (C=O) groups is 2. The molecule has 7 nitrogen and oxygen atoms in total. The van der Waals surface area contributed by atoms with Gasteiger partial charge in [-0.05, 0) is 78.1 Å². The third-order valence-electron chi connectivity index (χ3n) is 6.97. The van der Waals surface area contributed by atoms with Crippen LogP contribution < -0.4 is 14.8 Å². The van der Waals surface area contributed by atoms with E-state index in [1.807, 2.05) is 91.0 Å². The van der Waals surface area contributed by atoms with Gasteiger partial charge in [-0.3, -0.25) is 9.78 Å². The van der Waals surface area contributed by atoms with Gasteiger partial charge in [0.25, 0.3) is 5.91 Å². The minimum atomic E-state index is -1.14. The number of carbonyl (C=O) groups excluding carboxylic acids is 1. The Morgan fingerprint density at radius 1 is 0.818 bits per heavy atom. The van der Waals surface area contributed by atoms with E-state index < -0.39 is 17.9 Å². The molecule has 2 N–H and O–H groups in total. The molecule has 1 aromatic heterocycles. The number of hydrogen-bond acceptors (Lipinski definition) is 5. The van der Waals surface area contributed by atoms with Crippen molar-refractivity contribution >= 4 is 27.8 Å². The molecule has 4 aromatic carbocycles. The van der Waals surface area contributed by atoms with E-state index in [0.29, 0.717) is 22.6 Å². The van der Waals surface area contributed by atoms with E-state index in [0.717, 1.165) is 40.8 Å². The van der Waals surface area contributed by atoms with Gasteiger partial charge in [0.1, 0.15) is 23.3 Å². The molecular formula is C36H31BrN2O5. The van der Waals surface area contributed by atoms with Crippen LogP contribution in [0, 0.1) is 0 Å². The van der Waals surface area contributed by atoms with Crippen molar-refractivity contribution in [3.63, 3.8) is 0 Å². The first-order valence-corrected chi connectivity index (χ1v) is 15.0. The predicted molar refractivity (Wildman–Crippen MR) is 173 cm³/mol. The predicted octanol–water partition coefficient (Wildman–Crippen LogP) is 7.74. The lowest BCUT2D eigenvalue weighted by Gasteiger charge is -2.17. The molecule has 0 bridgehead atoms. The standard InChI is InChI=1S/C36H31BrN2O5/c37-28-16-17-33(43-22-6-7-25-18-20-38-21-19-25)31(24-28)35(40)39-32(36(41)42)23-26-12-14-27(15-13-26)30-10-4-5-11-34(30)44-29-8-2-1-3-9-29/h1-5,8-21,24,32H,6-7,22-23H2,(H,39,40)(H,41,42)/t32-/m0/s1. The van der Waals surface area contributed by atoms with Crippen molar-refractivity contribution in [3.05, 3.63) is 143 Å². The van der Waals surface area contributed by atoms with Crippen molar-refractivity contribution < 1.29 is 24.2 Å². The number of aryl methyl sites for hydroxylation is 1. The van der Waals surface area contributed by atoms with Gasteiger partial charge in [-0.1, -0.05) is 76.6 Å². The number of pyridine rings is 1. The van der Waals surface area contributed by atoms with E-state index >= 15 is 0 Å². The van der Waals surface area contributed by atoms with Crippen LogP contribution in [0.1, 0.15) is 27.9 Å². The topological polar surface area (TPSA) is 97.8 Å². The monoisotopic (exact) mass is 650 g/mol. The molecule has 5 aromatic rings. The fraction of sp³-hybridized carbons (Fsp3) is 0.139. The second-order valence-corrected chi connectivity index (χ2v) is 11.0. The van der Waals surface area contributed by atoms with Gasteiger partial charge in [-0.15, -0.1) is 0 Å². The van der Waals surface area contributed by atoms with E-state index in [1.165, 1.54) is 0 Å². The van der Waals surface area contributed by atoms with Crippen molar-refractivity contribution in [1.82, 2.24) is 10.3 Å².